The molecule has 0 radical (unpaired) electrons. The van der Waals surface area contributed by atoms with Gasteiger partial charge in [0, 0.05) is 6.54 Å². The van der Waals surface area contributed by atoms with Gasteiger partial charge in [0.2, 0.25) is 0 Å². The number of aromatic nitrogens is 2. The fourth-order valence-electron chi connectivity index (χ4n) is 2.47. The monoisotopic (exact) mass is 478 g/mol. The Kier molecular flexibility index (Phi) is 5.49. The second-order valence-electron chi connectivity index (χ2n) is 6.42. The third kappa shape index (κ3) is 4.79. The Morgan fingerprint density at radius 1 is 0.909 bits per heavy atom. The predicted molar refractivity (Wildman–Crippen MR) is 85.4 cm³/mol. The first-order valence-corrected chi connectivity index (χ1v) is 9.35. The van der Waals surface area contributed by atoms with E-state index in [1.54, 1.807) is 0 Å². The molecule has 1 aromatic heterocycles. The summed E-state index contributed by atoms with van der Waals surface area (Å²) in [7, 11) is 0. The van der Waals surface area contributed by atoms with Gasteiger partial charge in [-0.15, -0.1) is 0 Å². The molecule has 0 aliphatic heterocycles. The molecule has 2 saturated carbocycles. The average Bonchev–Trinajstić information content (AvgIpc) is 3.46. The second kappa shape index (κ2) is 7.57. The minimum atomic E-state index is 0.640. The maximum atomic E-state index is 5.35. The van der Waals surface area contributed by atoms with Gasteiger partial charge in [-0.05, 0) is 5.56 Å². The molecular formula is C18H25N3Pt. The first kappa shape index (κ1) is 16.0. The van der Waals surface area contributed by atoms with E-state index in [0.29, 0.717) is 6.54 Å². The Hall–Kier alpha value is -0.922. The number of nitrogens with two attached hydrogens (primary N) is 1. The van der Waals surface area contributed by atoms with Crippen molar-refractivity contribution >= 4 is 0 Å². The van der Waals surface area contributed by atoms with E-state index in [4.69, 9.17) is 5.73 Å². The van der Waals surface area contributed by atoms with Crippen LogP contribution in [-0.4, -0.2) is 9.13 Å². The van der Waals surface area contributed by atoms with Gasteiger partial charge in [-0.3, -0.25) is 0 Å². The van der Waals surface area contributed by atoms with Crippen molar-refractivity contribution in [2.45, 2.75) is 45.3 Å². The molecule has 4 rings (SSSR count). The van der Waals surface area contributed by atoms with E-state index in [9.17, 15) is 0 Å². The van der Waals surface area contributed by atoms with E-state index in [-0.39, 0.29) is 0 Å². The molecule has 2 aliphatic carbocycles. The molecule has 0 atom stereocenters. The molecule has 122 valence electrons. The van der Waals surface area contributed by atoms with E-state index in [2.05, 4.69) is 40.9 Å². The van der Waals surface area contributed by atoms with Crippen LogP contribution in [-0.2, 0) is 39.0 Å². The molecule has 0 unspecified atom stereocenters. The van der Waals surface area contributed by atoms with E-state index < -0.39 is 0 Å². The van der Waals surface area contributed by atoms with Gasteiger partial charge < -0.3 is 5.73 Å². The topological polar surface area (TPSA) is 35.9 Å². The van der Waals surface area contributed by atoms with Gasteiger partial charge in [-0.25, -0.2) is 0 Å². The van der Waals surface area contributed by atoms with Gasteiger partial charge in [0.25, 0.3) is 0 Å². The Morgan fingerprint density at radius 2 is 1.41 bits per heavy atom. The quantitative estimate of drug-likeness (QED) is 0.703. The Bertz CT molecular complexity index is 601. The first-order chi connectivity index (χ1) is 10.8. The molecule has 0 saturated heterocycles. The number of hydrogen-bond donors (Lipinski definition) is 1. The summed E-state index contributed by atoms with van der Waals surface area (Å²) in [4.78, 5) is 0. The average molecular weight is 478 g/mol. The van der Waals surface area contributed by atoms with Crippen molar-refractivity contribution in [3.05, 3.63) is 52.1 Å². The van der Waals surface area contributed by atoms with Crippen LogP contribution in [0.4, 0.5) is 0 Å². The number of imidazole rings is 1. The summed E-state index contributed by atoms with van der Waals surface area (Å²) in [6.07, 6.45) is 10.3. The van der Waals surface area contributed by atoms with Crippen LogP contribution in [0, 0.1) is 15.6 Å². The van der Waals surface area contributed by atoms with Crippen molar-refractivity contribution in [3.8, 4) is 0 Å². The molecule has 2 fully saturated rings. The van der Waals surface area contributed by atoms with Crippen molar-refractivity contribution in [2.24, 2.45) is 17.6 Å². The van der Waals surface area contributed by atoms with E-state index in [1.165, 1.54) is 48.1 Å². The van der Waals surface area contributed by atoms with Crippen LogP contribution in [0.5, 0.6) is 0 Å². The molecule has 2 N–H and O–H groups in total. The standard InChI is InChI=1S/C11H16N2.C7H9N.Pt/c1-2-10(1)7-12-5-6-13(9-12)8-11-3-4-11;8-6-7-4-2-1-3-5-7;/h5-6,10-11H,1-4,7-8H2;1-5H,6,8H2;. The fourth-order valence-corrected chi connectivity index (χ4v) is 3.23. The van der Waals surface area contributed by atoms with E-state index >= 15 is 0 Å². The molecule has 3 nitrogen and oxygen atoms in total. The van der Waals surface area contributed by atoms with Crippen molar-refractivity contribution in [1.82, 2.24) is 9.13 Å². The molecule has 4 heteroatoms. The van der Waals surface area contributed by atoms with Crippen molar-refractivity contribution < 1.29 is 19.4 Å². The van der Waals surface area contributed by atoms with Crippen LogP contribution in [0.1, 0.15) is 31.2 Å². The van der Waals surface area contributed by atoms with Crippen molar-refractivity contribution in [2.75, 3.05) is 0 Å². The molecule has 0 bridgehead atoms. The summed E-state index contributed by atoms with van der Waals surface area (Å²) >= 11 is 2.47. The summed E-state index contributed by atoms with van der Waals surface area (Å²) < 4.78 is 6.26. The number of rotatable bonds is 5. The van der Waals surface area contributed by atoms with Crippen LogP contribution in [0.15, 0.2) is 42.7 Å². The van der Waals surface area contributed by atoms with Gasteiger partial charge >= 0.3 is 95.3 Å². The Balaban J connectivity index is 0.000000154. The van der Waals surface area contributed by atoms with Crippen LogP contribution in [0.3, 0.4) is 0 Å². The van der Waals surface area contributed by atoms with Gasteiger partial charge in [-0.1, -0.05) is 30.3 Å². The summed E-state index contributed by atoms with van der Waals surface area (Å²) in [6, 6.07) is 9.99. The van der Waals surface area contributed by atoms with Crippen LogP contribution in [0.2, 0.25) is 0 Å². The summed E-state index contributed by atoms with van der Waals surface area (Å²) in [5.74, 6) is 1.95. The van der Waals surface area contributed by atoms with E-state index in [1.807, 2.05) is 30.3 Å². The zero-order valence-electron chi connectivity index (χ0n) is 12.9. The fraction of sp³-hybridized carbons (Fsp3) is 0.500. The molecule has 2 aromatic rings. The number of hydrogen-bond acceptors (Lipinski definition) is 1. The van der Waals surface area contributed by atoms with Crippen LogP contribution >= 0.6 is 0 Å². The third-order valence-electron chi connectivity index (χ3n) is 4.25. The van der Waals surface area contributed by atoms with Crippen LogP contribution < -0.4 is 5.73 Å². The van der Waals surface area contributed by atoms with Gasteiger partial charge in [0.05, 0.1) is 0 Å². The predicted octanol–water partition coefficient (Wildman–Crippen LogP) is 3.33. The third-order valence-corrected chi connectivity index (χ3v) is 5.55. The molecule has 0 amide bonds. The zero-order valence-corrected chi connectivity index (χ0v) is 15.2. The van der Waals surface area contributed by atoms with Crippen LogP contribution in [0.25, 0.3) is 0 Å². The summed E-state index contributed by atoms with van der Waals surface area (Å²) in [5.41, 5.74) is 6.54. The minimum absolute atomic E-state index is 0.640. The normalized spacial score (nSPS) is 17.0. The molecule has 1 heterocycles. The maximum absolute atomic E-state index is 5.35. The van der Waals surface area contributed by atoms with Gasteiger partial charge in [0.1, 0.15) is 0 Å². The van der Waals surface area contributed by atoms with Gasteiger partial charge in [-0.2, -0.15) is 0 Å². The molecule has 2 aliphatic rings. The summed E-state index contributed by atoms with van der Waals surface area (Å²) in [6.45, 7) is 3.13. The Labute approximate surface area is 143 Å². The molecule has 1 aromatic carbocycles. The summed E-state index contributed by atoms with van der Waals surface area (Å²) in [5, 5.41) is 0. The molecule has 0 spiro atoms. The molecular weight excluding hydrogens is 453 g/mol. The zero-order chi connectivity index (χ0) is 15.4. The number of benzene rings is 1. The molecule has 22 heavy (non-hydrogen) atoms. The van der Waals surface area contributed by atoms with Crippen molar-refractivity contribution in [3.63, 3.8) is 0 Å². The first-order valence-electron chi connectivity index (χ1n) is 8.21. The van der Waals surface area contributed by atoms with Crippen molar-refractivity contribution in [1.29, 1.82) is 0 Å². The number of nitrogens with zero attached hydrogens (tertiary/aromatic N) is 2. The van der Waals surface area contributed by atoms with Gasteiger partial charge in [0.15, 0.2) is 0 Å². The Morgan fingerprint density at radius 3 is 1.77 bits per heavy atom. The SMILES string of the molecule is NCc1ccccc1.[Pt]=[c]1n(CC2CC2)ccn1CC1CC1. The second-order valence-corrected chi connectivity index (χ2v) is 7.44. The van der Waals surface area contributed by atoms with E-state index in [0.717, 1.165) is 11.8 Å².